The van der Waals surface area contributed by atoms with Crippen LogP contribution in [0.15, 0.2) is 30.3 Å². The number of aromatic nitrogens is 2. The molecule has 0 aliphatic rings. The van der Waals surface area contributed by atoms with Crippen LogP contribution in [0, 0.1) is 0 Å². The first-order valence-electron chi connectivity index (χ1n) is 4.84. The summed E-state index contributed by atoms with van der Waals surface area (Å²) < 4.78 is 0. The Morgan fingerprint density at radius 3 is 2.88 bits per heavy atom. The fourth-order valence-corrected chi connectivity index (χ4v) is 1.45. The lowest BCUT2D eigenvalue weighted by atomic mass is 10.1. The quantitative estimate of drug-likeness (QED) is 0.713. The average Bonchev–Trinajstić information content (AvgIpc) is 2.64. The second-order valence-electron chi connectivity index (χ2n) is 3.47. The Labute approximate surface area is 92.7 Å². The van der Waals surface area contributed by atoms with Gasteiger partial charge in [-0.25, -0.2) is 0 Å². The van der Waals surface area contributed by atoms with Gasteiger partial charge in [0.05, 0.1) is 5.69 Å². The van der Waals surface area contributed by atoms with E-state index in [-0.39, 0.29) is 5.91 Å². The number of hydrogen-bond donors (Lipinski definition) is 3. The number of nitrogens with zero attached hydrogens (tertiary/aromatic N) is 1. The Bertz CT molecular complexity index is 518. The van der Waals surface area contributed by atoms with E-state index in [9.17, 15) is 4.79 Å². The number of aromatic amines is 1. The van der Waals surface area contributed by atoms with Crippen molar-refractivity contribution in [3.63, 3.8) is 0 Å². The van der Waals surface area contributed by atoms with Crippen LogP contribution in [0.3, 0.4) is 0 Å². The van der Waals surface area contributed by atoms with E-state index in [1.807, 2.05) is 24.3 Å². The van der Waals surface area contributed by atoms with Crippen LogP contribution in [-0.4, -0.2) is 16.1 Å². The summed E-state index contributed by atoms with van der Waals surface area (Å²) in [6.45, 7) is 1.47. The molecule has 0 radical (unpaired) electrons. The van der Waals surface area contributed by atoms with E-state index >= 15 is 0 Å². The molecule has 0 bridgehead atoms. The Morgan fingerprint density at radius 2 is 2.25 bits per heavy atom. The highest BCUT2D eigenvalue weighted by Crippen LogP contribution is 2.21. The number of hydrogen-bond acceptors (Lipinski definition) is 3. The first-order valence-corrected chi connectivity index (χ1v) is 4.84. The molecule has 5 nitrogen and oxygen atoms in total. The van der Waals surface area contributed by atoms with Crippen molar-refractivity contribution in [1.29, 1.82) is 0 Å². The van der Waals surface area contributed by atoms with Gasteiger partial charge in [-0.3, -0.25) is 9.89 Å². The van der Waals surface area contributed by atoms with Crippen molar-refractivity contribution in [2.24, 2.45) is 0 Å². The molecular weight excluding hydrogens is 204 g/mol. The lowest BCUT2D eigenvalue weighted by Gasteiger charge is -2.03. The van der Waals surface area contributed by atoms with Crippen LogP contribution in [0.5, 0.6) is 0 Å². The number of nitrogen functional groups attached to an aromatic ring is 1. The van der Waals surface area contributed by atoms with Gasteiger partial charge in [0.25, 0.3) is 0 Å². The van der Waals surface area contributed by atoms with Crippen molar-refractivity contribution >= 4 is 17.4 Å². The molecule has 0 aliphatic carbocycles. The topological polar surface area (TPSA) is 83.8 Å². The highest BCUT2D eigenvalue weighted by atomic mass is 16.1. The van der Waals surface area contributed by atoms with Gasteiger partial charge in [-0.1, -0.05) is 12.1 Å². The molecule has 1 aromatic carbocycles. The Morgan fingerprint density at radius 1 is 1.44 bits per heavy atom. The van der Waals surface area contributed by atoms with E-state index in [1.165, 1.54) is 6.92 Å². The van der Waals surface area contributed by atoms with Gasteiger partial charge in [0, 0.05) is 24.2 Å². The third kappa shape index (κ3) is 2.20. The zero-order valence-corrected chi connectivity index (χ0v) is 8.82. The molecule has 0 aliphatic heterocycles. The van der Waals surface area contributed by atoms with Gasteiger partial charge >= 0.3 is 0 Å². The first-order chi connectivity index (χ1) is 7.65. The SMILES string of the molecule is CC(=O)Nc1cccc(-c2cc(N)n[nH]2)c1. The number of carbonyl (C=O) groups is 1. The molecule has 2 aromatic rings. The molecule has 5 heteroatoms. The van der Waals surface area contributed by atoms with Gasteiger partial charge in [-0.05, 0) is 12.1 Å². The van der Waals surface area contributed by atoms with Crippen molar-refractivity contribution in [3.05, 3.63) is 30.3 Å². The number of rotatable bonds is 2. The van der Waals surface area contributed by atoms with E-state index in [0.29, 0.717) is 5.82 Å². The third-order valence-corrected chi connectivity index (χ3v) is 2.09. The fraction of sp³-hybridized carbons (Fsp3) is 0.0909. The monoisotopic (exact) mass is 216 g/mol. The van der Waals surface area contributed by atoms with E-state index < -0.39 is 0 Å². The van der Waals surface area contributed by atoms with Crippen molar-refractivity contribution < 1.29 is 4.79 Å². The number of benzene rings is 1. The van der Waals surface area contributed by atoms with Crippen LogP contribution < -0.4 is 11.1 Å². The maximum Gasteiger partial charge on any atom is 0.221 e. The highest BCUT2D eigenvalue weighted by molar-refractivity contribution is 5.89. The van der Waals surface area contributed by atoms with Gasteiger partial charge in [-0.15, -0.1) is 0 Å². The Hall–Kier alpha value is -2.30. The van der Waals surface area contributed by atoms with Crippen LogP contribution in [0.2, 0.25) is 0 Å². The molecule has 1 amide bonds. The molecule has 1 aromatic heterocycles. The summed E-state index contributed by atoms with van der Waals surface area (Å²) in [4.78, 5) is 10.9. The number of amides is 1. The largest absolute Gasteiger partial charge is 0.382 e. The average molecular weight is 216 g/mol. The summed E-state index contributed by atoms with van der Waals surface area (Å²) >= 11 is 0. The minimum Gasteiger partial charge on any atom is -0.382 e. The van der Waals surface area contributed by atoms with Crippen molar-refractivity contribution in [1.82, 2.24) is 10.2 Å². The summed E-state index contributed by atoms with van der Waals surface area (Å²) in [5, 5.41) is 9.38. The molecule has 4 N–H and O–H groups in total. The molecule has 0 saturated heterocycles. The Balaban J connectivity index is 2.32. The number of nitrogens with two attached hydrogens (primary N) is 1. The molecule has 82 valence electrons. The minimum atomic E-state index is -0.0960. The molecule has 0 atom stereocenters. The van der Waals surface area contributed by atoms with Crippen LogP contribution in [0.4, 0.5) is 11.5 Å². The maximum atomic E-state index is 10.9. The van der Waals surface area contributed by atoms with E-state index in [0.717, 1.165) is 16.9 Å². The number of anilines is 2. The van der Waals surface area contributed by atoms with E-state index in [4.69, 9.17) is 5.73 Å². The van der Waals surface area contributed by atoms with Gasteiger partial charge in [0.15, 0.2) is 0 Å². The second-order valence-corrected chi connectivity index (χ2v) is 3.47. The molecule has 2 rings (SSSR count). The first kappa shape index (κ1) is 10.2. The molecule has 0 unspecified atom stereocenters. The normalized spacial score (nSPS) is 10.1. The molecule has 0 spiro atoms. The van der Waals surface area contributed by atoms with Crippen LogP contribution in [-0.2, 0) is 4.79 Å². The lowest BCUT2D eigenvalue weighted by Crippen LogP contribution is -2.05. The number of carbonyl (C=O) groups excluding carboxylic acids is 1. The molecule has 0 saturated carbocycles. The minimum absolute atomic E-state index is 0.0960. The van der Waals surface area contributed by atoms with Gasteiger partial charge in [0.2, 0.25) is 5.91 Å². The van der Waals surface area contributed by atoms with Gasteiger partial charge < -0.3 is 11.1 Å². The van der Waals surface area contributed by atoms with Crippen LogP contribution >= 0.6 is 0 Å². The lowest BCUT2D eigenvalue weighted by molar-refractivity contribution is -0.114. The number of H-pyrrole nitrogens is 1. The summed E-state index contributed by atoms with van der Waals surface area (Å²) in [6.07, 6.45) is 0. The fourth-order valence-electron chi connectivity index (χ4n) is 1.45. The molecule has 1 heterocycles. The summed E-state index contributed by atoms with van der Waals surface area (Å²) in [5.74, 6) is 0.348. The van der Waals surface area contributed by atoms with E-state index in [2.05, 4.69) is 15.5 Å². The Kier molecular flexibility index (Phi) is 2.59. The van der Waals surface area contributed by atoms with Crippen LogP contribution in [0.25, 0.3) is 11.3 Å². The predicted molar refractivity (Wildman–Crippen MR) is 62.7 cm³/mol. The number of nitrogens with one attached hydrogen (secondary N) is 2. The third-order valence-electron chi connectivity index (χ3n) is 2.09. The van der Waals surface area contributed by atoms with Crippen molar-refractivity contribution in [2.75, 3.05) is 11.1 Å². The maximum absolute atomic E-state index is 10.9. The summed E-state index contributed by atoms with van der Waals surface area (Å²) in [7, 11) is 0. The smallest absolute Gasteiger partial charge is 0.221 e. The predicted octanol–water partition coefficient (Wildman–Crippen LogP) is 1.62. The van der Waals surface area contributed by atoms with E-state index in [1.54, 1.807) is 6.07 Å². The van der Waals surface area contributed by atoms with Gasteiger partial charge in [-0.2, -0.15) is 5.10 Å². The molecule has 16 heavy (non-hydrogen) atoms. The zero-order chi connectivity index (χ0) is 11.5. The highest BCUT2D eigenvalue weighted by Gasteiger charge is 2.02. The standard InChI is InChI=1S/C11H12N4O/c1-7(16)13-9-4-2-3-8(5-9)10-6-11(12)15-14-10/h2-6H,1H3,(H,13,16)(H3,12,14,15). The van der Waals surface area contributed by atoms with Crippen LogP contribution in [0.1, 0.15) is 6.92 Å². The zero-order valence-electron chi connectivity index (χ0n) is 8.82. The van der Waals surface area contributed by atoms with Crippen molar-refractivity contribution in [3.8, 4) is 11.3 Å². The molecule has 0 fully saturated rings. The summed E-state index contributed by atoms with van der Waals surface area (Å²) in [5.41, 5.74) is 8.02. The van der Waals surface area contributed by atoms with Gasteiger partial charge in [0.1, 0.15) is 5.82 Å². The van der Waals surface area contributed by atoms with Crippen molar-refractivity contribution in [2.45, 2.75) is 6.92 Å². The second kappa shape index (κ2) is 4.06. The molecular formula is C11H12N4O. The summed E-state index contributed by atoms with van der Waals surface area (Å²) in [6, 6.07) is 9.20.